The molecule has 7 heteroatoms. The van der Waals surface area contributed by atoms with Crippen molar-refractivity contribution in [2.24, 2.45) is 0 Å². The number of ether oxygens (including phenoxy) is 2. The van der Waals surface area contributed by atoms with Crippen LogP contribution in [0.1, 0.15) is 57.5 Å². The smallest absolute Gasteiger partial charge is 0.428 e. The summed E-state index contributed by atoms with van der Waals surface area (Å²) in [6.45, 7) is 8.22. The average Bonchev–Trinajstić information content (AvgIpc) is 3.32. The third-order valence-electron chi connectivity index (χ3n) is 7.15. The summed E-state index contributed by atoms with van der Waals surface area (Å²) in [6.07, 6.45) is 2.57. The largest absolute Gasteiger partial charge is 0.514 e. The lowest BCUT2D eigenvalue weighted by atomic mass is 10.0. The van der Waals surface area contributed by atoms with Crippen molar-refractivity contribution in [3.8, 4) is 16.9 Å². The SMILES string of the molecule is CCCCc1nc2ccc(NC(=O)Cc3ccccc3)cc2n1Cc1ccc(-c2ccccc2OC(=O)OC(C)(C)C)cc1. The normalized spacial score (nSPS) is 11.4. The topological polar surface area (TPSA) is 82.5 Å². The number of nitrogens with one attached hydrogen (secondary N) is 1. The quantitative estimate of drug-likeness (QED) is 0.130. The number of imidazole rings is 1. The van der Waals surface area contributed by atoms with E-state index in [0.29, 0.717) is 18.7 Å². The molecule has 226 valence electrons. The van der Waals surface area contributed by atoms with Gasteiger partial charge in [0.1, 0.15) is 17.2 Å². The predicted molar refractivity (Wildman–Crippen MR) is 175 cm³/mol. The lowest BCUT2D eigenvalue weighted by Crippen LogP contribution is -2.26. The summed E-state index contributed by atoms with van der Waals surface area (Å²) in [7, 11) is 0. The number of rotatable bonds is 10. The summed E-state index contributed by atoms with van der Waals surface area (Å²) in [4.78, 5) is 30.1. The third kappa shape index (κ3) is 7.92. The summed E-state index contributed by atoms with van der Waals surface area (Å²) in [6, 6.07) is 31.3. The van der Waals surface area contributed by atoms with Crippen molar-refractivity contribution < 1.29 is 19.1 Å². The first-order valence-corrected chi connectivity index (χ1v) is 15.1. The number of fused-ring (bicyclic) bond motifs is 1. The molecule has 0 aliphatic rings. The first-order chi connectivity index (χ1) is 21.2. The van der Waals surface area contributed by atoms with Gasteiger partial charge in [-0.15, -0.1) is 0 Å². The van der Waals surface area contributed by atoms with Crippen molar-refractivity contribution in [1.82, 2.24) is 9.55 Å². The number of benzene rings is 4. The molecule has 4 aromatic carbocycles. The molecule has 1 aromatic heterocycles. The molecule has 0 bridgehead atoms. The summed E-state index contributed by atoms with van der Waals surface area (Å²) >= 11 is 0. The van der Waals surface area contributed by atoms with Gasteiger partial charge in [0.15, 0.2) is 0 Å². The van der Waals surface area contributed by atoms with Gasteiger partial charge in [-0.1, -0.05) is 86.1 Å². The fourth-order valence-electron chi connectivity index (χ4n) is 5.07. The zero-order valence-corrected chi connectivity index (χ0v) is 25.8. The summed E-state index contributed by atoms with van der Waals surface area (Å²) in [5.74, 6) is 1.41. The minimum absolute atomic E-state index is 0.0562. The maximum absolute atomic E-state index is 12.8. The van der Waals surface area contributed by atoms with E-state index in [4.69, 9.17) is 14.5 Å². The van der Waals surface area contributed by atoms with Crippen LogP contribution < -0.4 is 10.1 Å². The molecule has 0 atom stereocenters. The number of anilines is 1. The molecule has 0 aliphatic carbocycles. The molecule has 44 heavy (non-hydrogen) atoms. The van der Waals surface area contributed by atoms with E-state index in [-0.39, 0.29) is 5.91 Å². The first kappa shape index (κ1) is 30.5. The summed E-state index contributed by atoms with van der Waals surface area (Å²) in [5.41, 5.74) is 5.80. The Bertz CT molecular complexity index is 1730. The van der Waals surface area contributed by atoms with Crippen LogP contribution in [0.5, 0.6) is 5.75 Å². The van der Waals surface area contributed by atoms with Gasteiger partial charge in [-0.05, 0) is 68.1 Å². The molecule has 1 amide bonds. The van der Waals surface area contributed by atoms with Gasteiger partial charge in [0.25, 0.3) is 0 Å². The molecule has 1 N–H and O–H groups in total. The maximum atomic E-state index is 12.8. The van der Waals surface area contributed by atoms with Gasteiger partial charge in [-0.3, -0.25) is 4.79 Å². The van der Waals surface area contributed by atoms with Crippen LogP contribution in [0.15, 0.2) is 97.1 Å². The number of hydrogen-bond acceptors (Lipinski definition) is 5. The molecule has 0 aliphatic heterocycles. The molecular weight excluding hydrogens is 550 g/mol. The van der Waals surface area contributed by atoms with Crippen molar-refractivity contribution in [3.63, 3.8) is 0 Å². The zero-order chi connectivity index (χ0) is 31.1. The van der Waals surface area contributed by atoms with Gasteiger partial charge in [-0.25, -0.2) is 9.78 Å². The minimum atomic E-state index is -0.733. The Morgan fingerprint density at radius 1 is 0.864 bits per heavy atom. The second-order valence-corrected chi connectivity index (χ2v) is 11.9. The van der Waals surface area contributed by atoms with Crippen LogP contribution in [0.25, 0.3) is 22.2 Å². The molecule has 0 radical (unpaired) electrons. The van der Waals surface area contributed by atoms with E-state index in [2.05, 4.69) is 28.9 Å². The highest BCUT2D eigenvalue weighted by Gasteiger charge is 2.20. The molecule has 1 heterocycles. The van der Waals surface area contributed by atoms with Gasteiger partial charge >= 0.3 is 6.16 Å². The Morgan fingerprint density at radius 2 is 1.59 bits per heavy atom. The maximum Gasteiger partial charge on any atom is 0.514 e. The van der Waals surface area contributed by atoms with Crippen molar-refractivity contribution >= 4 is 28.8 Å². The van der Waals surface area contributed by atoms with Crippen molar-refractivity contribution in [3.05, 3.63) is 114 Å². The predicted octanol–water partition coefficient (Wildman–Crippen LogP) is 8.59. The van der Waals surface area contributed by atoms with Crippen LogP contribution in [0, 0.1) is 0 Å². The molecule has 7 nitrogen and oxygen atoms in total. The summed E-state index contributed by atoms with van der Waals surface area (Å²) < 4.78 is 13.2. The molecule has 0 fully saturated rings. The number of carbonyl (C=O) groups is 2. The van der Waals surface area contributed by atoms with Gasteiger partial charge < -0.3 is 19.4 Å². The van der Waals surface area contributed by atoms with Gasteiger partial charge in [0.2, 0.25) is 5.91 Å². The number of aryl methyl sites for hydroxylation is 1. The van der Waals surface area contributed by atoms with Gasteiger partial charge in [0.05, 0.1) is 17.5 Å². The molecule has 0 spiro atoms. The first-order valence-electron chi connectivity index (χ1n) is 15.1. The number of amides is 1. The Balaban J connectivity index is 1.37. The molecule has 0 saturated carbocycles. The number of nitrogens with zero attached hydrogens (tertiary/aromatic N) is 2. The van der Waals surface area contributed by atoms with Gasteiger partial charge in [0, 0.05) is 24.2 Å². The highest BCUT2D eigenvalue weighted by Crippen LogP contribution is 2.31. The van der Waals surface area contributed by atoms with Crippen molar-refractivity contribution in [2.45, 2.75) is 65.5 Å². The second kappa shape index (κ2) is 13.6. The standard InChI is InChI=1S/C37H39N3O4/c1-5-6-16-34-39-31-22-21-29(38-35(41)23-26-12-8-7-9-13-26)24-32(31)40(34)25-27-17-19-28(20-18-27)30-14-10-11-15-33(30)43-36(42)44-37(2,3)4/h7-15,17-22,24H,5-6,16,23,25H2,1-4H3,(H,38,41). The number of carbonyl (C=O) groups excluding carboxylic acids is 2. The van der Waals surface area contributed by atoms with Crippen molar-refractivity contribution in [1.29, 1.82) is 0 Å². The number of hydrogen-bond donors (Lipinski definition) is 1. The fraction of sp³-hybridized carbons (Fsp3) is 0.270. The Hall–Kier alpha value is -4.91. The number of aromatic nitrogens is 2. The van der Waals surface area contributed by atoms with Crippen LogP contribution >= 0.6 is 0 Å². The number of para-hydroxylation sites is 1. The number of unbranched alkanes of at least 4 members (excludes halogenated alkanes) is 1. The van der Waals surface area contributed by atoms with Crippen molar-refractivity contribution in [2.75, 3.05) is 5.32 Å². The third-order valence-corrected chi connectivity index (χ3v) is 7.15. The Kier molecular flexibility index (Phi) is 9.44. The highest BCUT2D eigenvalue weighted by atomic mass is 16.7. The average molecular weight is 590 g/mol. The van der Waals surface area contributed by atoms with E-state index in [9.17, 15) is 9.59 Å². The van der Waals surface area contributed by atoms with Crippen LogP contribution in [0.3, 0.4) is 0 Å². The second-order valence-electron chi connectivity index (χ2n) is 11.9. The van der Waals surface area contributed by atoms with E-state index >= 15 is 0 Å². The molecular formula is C37H39N3O4. The fourth-order valence-corrected chi connectivity index (χ4v) is 5.07. The zero-order valence-electron chi connectivity index (χ0n) is 25.8. The Morgan fingerprint density at radius 3 is 2.32 bits per heavy atom. The lowest BCUT2D eigenvalue weighted by Gasteiger charge is -2.19. The molecule has 0 saturated heterocycles. The van der Waals surface area contributed by atoms with Gasteiger partial charge in [-0.2, -0.15) is 0 Å². The summed E-state index contributed by atoms with van der Waals surface area (Å²) in [5, 5.41) is 3.06. The lowest BCUT2D eigenvalue weighted by molar-refractivity contribution is -0.115. The van der Waals surface area contributed by atoms with Crippen LogP contribution in [-0.4, -0.2) is 27.2 Å². The van der Waals surface area contributed by atoms with E-state index in [1.807, 2.05) is 78.9 Å². The van der Waals surface area contributed by atoms with E-state index in [1.165, 1.54) is 0 Å². The Labute approximate surface area is 258 Å². The minimum Gasteiger partial charge on any atom is -0.428 e. The van der Waals surface area contributed by atoms with E-state index in [0.717, 1.165) is 64.1 Å². The molecule has 5 rings (SSSR count). The monoisotopic (exact) mass is 589 g/mol. The molecule has 0 unspecified atom stereocenters. The van der Waals surface area contributed by atoms with Crippen LogP contribution in [-0.2, 0) is 28.9 Å². The van der Waals surface area contributed by atoms with E-state index < -0.39 is 11.8 Å². The van der Waals surface area contributed by atoms with Crippen LogP contribution in [0.2, 0.25) is 0 Å². The highest BCUT2D eigenvalue weighted by molar-refractivity contribution is 5.94. The molecule has 5 aromatic rings. The van der Waals surface area contributed by atoms with E-state index in [1.54, 1.807) is 26.8 Å². The van der Waals surface area contributed by atoms with Crippen LogP contribution in [0.4, 0.5) is 10.5 Å².